The Morgan fingerprint density at radius 1 is 1.11 bits per heavy atom. The Morgan fingerprint density at radius 3 is 2.63 bits per heavy atom. The van der Waals surface area contributed by atoms with Crippen molar-refractivity contribution in [2.75, 3.05) is 5.32 Å². The highest BCUT2D eigenvalue weighted by molar-refractivity contribution is 6.44. The number of carbonyl (C=O) groups excluding carboxylic acids is 1. The van der Waals surface area contributed by atoms with Crippen LogP contribution in [0.15, 0.2) is 71.0 Å². The van der Waals surface area contributed by atoms with E-state index in [1.54, 1.807) is 10.8 Å². The van der Waals surface area contributed by atoms with Gasteiger partial charge >= 0.3 is 0 Å². The highest BCUT2D eigenvalue weighted by Crippen LogP contribution is 2.42. The second-order valence-corrected chi connectivity index (χ2v) is 7.39. The third-order valence-corrected chi connectivity index (χ3v) is 4.88. The lowest BCUT2D eigenvalue weighted by Crippen LogP contribution is -2.22. The first-order valence-electron chi connectivity index (χ1n) is 8.41. The molecule has 0 aliphatic carbocycles. The zero-order valence-electron chi connectivity index (χ0n) is 14.4. The van der Waals surface area contributed by atoms with Crippen molar-refractivity contribution in [1.29, 1.82) is 0 Å². The first-order valence-corrected chi connectivity index (χ1v) is 9.28. The van der Waals surface area contributed by atoms with Gasteiger partial charge in [0.25, 0.3) is 5.91 Å². The molecule has 4 rings (SSSR count). The first kappa shape index (κ1) is 17.8. The summed E-state index contributed by atoms with van der Waals surface area (Å²) in [5.41, 5.74) is 4.77. The van der Waals surface area contributed by atoms with Crippen molar-refractivity contribution in [3.8, 4) is 11.3 Å². The number of alkyl halides is 2. The van der Waals surface area contributed by atoms with E-state index in [1.165, 1.54) is 0 Å². The molecule has 27 heavy (non-hydrogen) atoms. The van der Waals surface area contributed by atoms with Gasteiger partial charge in [-0.2, -0.15) is 10.2 Å². The lowest BCUT2D eigenvalue weighted by atomic mass is 10.0. The lowest BCUT2D eigenvalue weighted by Gasteiger charge is -2.14. The number of anilines is 1. The molecule has 1 amide bonds. The number of nitrogens with zero attached hydrogens (tertiary/aromatic N) is 3. The van der Waals surface area contributed by atoms with Crippen LogP contribution in [0.3, 0.4) is 0 Å². The molecule has 1 aromatic heterocycles. The first-order chi connectivity index (χ1) is 13.0. The van der Waals surface area contributed by atoms with Crippen molar-refractivity contribution in [2.24, 2.45) is 10.2 Å². The number of nitrogens with one attached hydrogen (secondary N) is 1. The Bertz CT molecular complexity index is 1030. The number of hydrogen-bond donors (Lipinski definition) is 1. The molecular weight excluding hydrogens is 383 g/mol. The van der Waals surface area contributed by atoms with Gasteiger partial charge in [0.05, 0.1) is 17.1 Å². The highest BCUT2D eigenvalue weighted by Gasteiger charge is 2.31. The molecule has 5 nitrogen and oxygen atoms in total. The normalized spacial score (nSPS) is 16.1. The van der Waals surface area contributed by atoms with E-state index in [1.807, 2.05) is 61.5 Å². The Labute approximate surface area is 166 Å². The fourth-order valence-corrected chi connectivity index (χ4v) is 3.50. The predicted molar refractivity (Wildman–Crippen MR) is 108 cm³/mol. The van der Waals surface area contributed by atoms with Crippen molar-refractivity contribution in [3.63, 3.8) is 0 Å². The van der Waals surface area contributed by atoms with Gasteiger partial charge in [0.15, 0.2) is 0 Å². The second-order valence-electron chi connectivity index (χ2n) is 6.29. The summed E-state index contributed by atoms with van der Waals surface area (Å²) in [6.07, 6.45) is 0.905. The molecule has 136 valence electrons. The van der Waals surface area contributed by atoms with Crippen LogP contribution in [0.1, 0.15) is 22.1 Å². The number of aryl methyl sites for hydroxylation is 1. The van der Waals surface area contributed by atoms with Crippen LogP contribution in [0.2, 0.25) is 0 Å². The molecule has 0 radical (unpaired) electrons. The van der Waals surface area contributed by atoms with Gasteiger partial charge in [-0.1, -0.05) is 53.0 Å². The Kier molecular flexibility index (Phi) is 4.72. The second kappa shape index (κ2) is 7.18. The summed E-state index contributed by atoms with van der Waals surface area (Å²) in [6, 6.07) is 16.9. The number of benzene rings is 2. The van der Waals surface area contributed by atoms with E-state index < -0.39 is 11.0 Å². The van der Waals surface area contributed by atoms with E-state index in [0.29, 0.717) is 11.4 Å². The van der Waals surface area contributed by atoms with E-state index in [-0.39, 0.29) is 5.91 Å². The molecule has 2 heterocycles. The van der Waals surface area contributed by atoms with Crippen LogP contribution in [0.4, 0.5) is 11.4 Å². The van der Waals surface area contributed by atoms with Crippen molar-refractivity contribution in [2.45, 2.75) is 17.9 Å². The maximum absolute atomic E-state index is 12.9. The van der Waals surface area contributed by atoms with E-state index in [0.717, 1.165) is 22.4 Å². The third-order valence-electron chi connectivity index (χ3n) is 4.41. The third kappa shape index (κ3) is 3.36. The van der Waals surface area contributed by atoms with Crippen LogP contribution >= 0.6 is 23.2 Å². The molecule has 0 bridgehead atoms. The van der Waals surface area contributed by atoms with Crippen LogP contribution in [-0.2, 0) is 4.79 Å². The molecule has 2 aromatic carbocycles. The molecule has 1 N–H and O–H groups in total. The van der Waals surface area contributed by atoms with Crippen LogP contribution < -0.4 is 5.32 Å². The summed E-state index contributed by atoms with van der Waals surface area (Å²) in [5, 5.41) is 11.5. The maximum Gasteiger partial charge on any atom is 0.272 e. The Hall–Kier alpha value is -2.63. The predicted octanol–water partition coefficient (Wildman–Crippen LogP) is 6.17. The largest absolute Gasteiger partial charge is 0.322 e. The van der Waals surface area contributed by atoms with Crippen LogP contribution in [-0.4, -0.2) is 10.5 Å². The minimum absolute atomic E-state index is 0.277. The van der Waals surface area contributed by atoms with Crippen molar-refractivity contribution < 1.29 is 4.79 Å². The fraction of sp³-hybridized carbons (Fsp3) is 0.150. The molecule has 0 saturated carbocycles. The minimum atomic E-state index is -0.867. The van der Waals surface area contributed by atoms with Crippen molar-refractivity contribution in [1.82, 2.24) is 4.57 Å². The summed E-state index contributed by atoms with van der Waals surface area (Å²) >= 11 is 12.4. The quantitative estimate of drug-likeness (QED) is 0.415. The van der Waals surface area contributed by atoms with Gasteiger partial charge in [-0.05, 0) is 37.3 Å². The van der Waals surface area contributed by atoms with Gasteiger partial charge in [0, 0.05) is 17.3 Å². The molecule has 1 aliphatic rings. The number of carbonyl (C=O) groups is 1. The molecule has 0 saturated heterocycles. The van der Waals surface area contributed by atoms with Gasteiger partial charge in [0.2, 0.25) is 6.17 Å². The summed E-state index contributed by atoms with van der Waals surface area (Å²) in [4.78, 5) is 12.1. The molecule has 1 atom stereocenters. The van der Waals surface area contributed by atoms with Gasteiger partial charge in [0.1, 0.15) is 4.84 Å². The van der Waals surface area contributed by atoms with Gasteiger partial charge < -0.3 is 9.88 Å². The van der Waals surface area contributed by atoms with Crippen LogP contribution in [0, 0.1) is 6.92 Å². The van der Waals surface area contributed by atoms with Crippen LogP contribution in [0.5, 0.6) is 0 Å². The van der Waals surface area contributed by atoms with Gasteiger partial charge in [-0.3, -0.25) is 4.79 Å². The SMILES string of the molecule is Cc1ccc2c(c1)-c1c(C(Cl)Cl)ccn1[C@@H](N=Nc1ccccc1)C(=O)N2. The van der Waals surface area contributed by atoms with E-state index in [4.69, 9.17) is 23.2 Å². The Morgan fingerprint density at radius 2 is 1.89 bits per heavy atom. The monoisotopic (exact) mass is 398 g/mol. The minimum Gasteiger partial charge on any atom is -0.322 e. The topological polar surface area (TPSA) is 58.8 Å². The molecule has 3 aromatic rings. The Balaban J connectivity index is 1.87. The molecule has 0 fully saturated rings. The summed E-state index contributed by atoms with van der Waals surface area (Å²) in [6.45, 7) is 1.99. The molecule has 0 spiro atoms. The number of hydrogen-bond acceptors (Lipinski definition) is 3. The zero-order chi connectivity index (χ0) is 19.0. The molecule has 1 aliphatic heterocycles. The van der Waals surface area contributed by atoms with E-state index >= 15 is 0 Å². The number of aromatic nitrogens is 1. The van der Waals surface area contributed by atoms with Crippen molar-refractivity contribution in [3.05, 3.63) is 71.9 Å². The highest BCUT2D eigenvalue weighted by atomic mass is 35.5. The maximum atomic E-state index is 12.9. The number of azo groups is 1. The standard InChI is InChI=1S/C20H16Cl2N4O/c1-12-7-8-16-15(11-12)17-14(18(21)22)9-10-26(17)19(20(27)23-16)25-24-13-5-3-2-4-6-13/h2-11,18-19H,1H3,(H,23,27)/t19-/m1/s1. The van der Waals surface area contributed by atoms with Crippen molar-refractivity contribution >= 4 is 40.5 Å². The van der Waals surface area contributed by atoms with E-state index in [9.17, 15) is 4.79 Å². The number of rotatable bonds is 3. The molecule has 0 unspecified atom stereocenters. The van der Waals surface area contributed by atoms with E-state index in [2.05, 4.69) is 15.5 Å². The lowest BCUT2D eigenvalue weighted by molar-refractivity contribution is -0.119. The molecule has 7 heteroatoms. The number of amides is 1. The summed E-state index contributed by atoms with van der Waals surface area (Å²) in [7, 11) is 0. The number of fused-ring (bicyclic) bond motifs is 3. The average molecular weight is 399 g/mol. The fourth-order valence-electron chi connectivity index (χ4n) is 3.15. The number of halogens is 2. The van der Waals surface area contributed by atoms with Crippen LogP contribution in [0.25, 0.3) is 11.3 Å². The molecular formula is C20H16Cl2N4O. The van der Waals surface area contributed by atoms with Gasteiger partial charge in [-0.15, -0.1) is 0 Å². The zero-order valence-corrected chi connectivity index (χ0v) is 15.9. The van der Waals surface area contributed by atoms with Gasteiger partial charge in [-0.25, -0.2) is 0 Å². The summed E-state index contributed by atoms with van der Waals surface area (Å²) < 4.78 is 1.76. The smallest absolute Gasteiger partial charge is 0.272 e. The summed E-state index contributed by atoms with van der Waals surface area (Å²) in [5.74, 6) is -0.277. The average Bonchev–Trinajstić information content (AvgIpc) is 3.05.